The molecule has 0 saturated carbocycles. The summed E-state index contributed by atoms with van der Waals surface area (Å²) in [5, 5.41) is 12.5. The van der Waals surface area contributed by atoms with Crippen LogP contribution in [0.1, 0.15) is 9.67 Å². The topological polar surface area (TPSA) is 95.5 Å². The average molecular weight is 439 g/mol. The molecule has 6 nitrogen and oxygen atoms in total. The van der Waals surface area contributed by atoms with E-state index >= 15 is 0 Å². The summed E-state index contributed by atoms with van der Waals surface area (Å²) in [5.74, 6) is -0.829. The number of fused-ring (bicyclic) bond motifs is 1. The zero-order valence-corrected chi connectivity index (χ0v) is 17.3. The monoisotopic (exact) mass is 438 g/mol. The molecule has 0 fully saturated rings. The molecule has 0 unspecified atom stereocenters. The van der Waals surface area contributed by atoms with Gasteiger partial charge in [-0.25, -0.2) is 13.9 Å². The first-order valence-corrected chi connectivity index (χ1v) is 11.5. The van der Waals surface area contributed by atoms with E-state index in [2.05, 4.69) is 5.32 Å². The van der Waals surface area contributed by atoms with Crippen LogP contribution in [0.15, 0.2) is 83.8 Å². The maximum Gasteiger partial charge on any atom is 0.284 e. The van der Waals surface area contributed by atoms with Crippen LogP contribution >= 0.6 is 11.3 Å². The molecule has 0 aliphatic heterocycles. The number of thiophene rings is 1. The Morgan fingerprint density at radius 2 is 1.60 bits per heavy atom. The Hall–Kier alpha value is -3.20. The summed E-state index contributed by atoms with van der Waals surface area (Å²) in [6, 6.07) is 23.6. The second kappa shape index (κ2) is 8.27. The molecule has 30 heavy (non-hydrogen) atoms. The van der Waals surface area contributed by atoms with Crippen molar-refractivity contribution in [3.05, 3.63) is 83.7 Å². The number of hydrogen-bond acceptors (Lipinski definition) is 6. The van der Waals surface area contributed by atoms with E-state index < -0.39 is 15.7 Å². The minimum Gasteiger partial charge on any atom is -0.371 e. The fourth-order valence-electron chi connectivity index (χ4n) is 3.07. The summed E-state index contributed by atoms with van der Waals surface area (Å²) in [7, 11) is -3.53. The molecule has 8 heteroatoms. The zero-order chi connectivity index (χ0) is 21.1. The molecule has 1 heterocycles. The van der Waals surface area contributed by atoms with Crippen LogP contribution in [0.5, 0.6) is 0 Å². The van der Waals surface area contributed by atoms with Crippen molar-refractivity contribution >= 4 is 42.9 Å². The molecule has 0 aliphatic carbocycles. The van der Waals surface area contributed by atoms with Crippen LogP contribution in [0.2, 0.25) is 0 Å². The molecular weight excluding hydrogens is 420 g/mol. The third-order valence-corrected chi connectivity index (χ3v) is 7.26. The third-order valence-electron chi connectivity index (χ3n) is 4.63. The number of benzene rings is 3. The fraction of sp³-hybridized carbons (Fsp3) is 0.0455. The van der Waals surface area contributed by atoms with Crippen molar-refractivity contribution in [2.24, 2.45) is 0 Å². The first-order valence-electron chi connectivity index (χ1n) is 9.06. The fourth-order valence-corrected chi connectivity index (χ4v) is 5.07. The second-order valence-corrected chi connectivity index (χ2v) is 9.70. The van der Waals surface area contributed by atoms with Gasteiger partial charge in [-0.15, -0.1) is 11.3 Å². The number of rotatable bonds is 6. The molecule has 1 amide bonds. The van der Waals surface area contributed by atoms with Crippen LogP contribution in [0.3, 0.4) is 0 Å². The van der Waals surface area contributed by atoms with Gasteiger partial charge in [0.2, 0.25) is 0 Å². The molecule has 0 aliphatic rings. The highest BCUT2D eigenvalue weighted by atomic mass is 32.2. The Morgan fingerprint density at radius 1 is 0.900 bits per heavy atom. The molecule has 0 spiro atoms. The Balaban J connectivity index is 1.49. The predicted molar refractivity (Wildman–Crippen MR) is 119 cm³/mol. The van der Waals surface area contributed by atoms with Gasteiger partial charge in [0.1, 0.15) is 5.88 Å². The Bertz CT molecular complexity index is 1300. The van der Waals surface area contributed by atoms with Crippen LogP contribution in [0.25, 0.3) is 21.2 Å². The van der Waals surface area contributed by atoms with Gasteiger partial charge in [-0.3, -0.25) is 10.0 Å². The zero-order valence-electron chi connectivity index (χ0n) is 15.7. The molecular formula is C22H18N2O4S2. The molecule has 0 radical (unpaired) electrons. The van der Waals surface area contributed by atoms with Crippen molar-refractivity contribution in [1.29, 1.82) is 0 Å². The maximum atomic E-state index is 12.7. The molecule has 3 aromatic carbocycles. The summed E-state index contributed by atoms with van der Waals surface area (Å²) in [6.45, 7) is 0. The summed E-state index contributed by atoms with van der Waals surface area (Å²) in [6.07, 6.45) is 0. The summed E-state index contributed by atoms with van der Waals surface area (Å²) >= 11 is 1.24. The largest absolute Gasteiger partial charge is 0.371 e. The average Bonchev–Trinajstić information content (AvgIpc) is 3.21. The van der Waals surface area contributed by atoms with E-state index in [4.69, 9.17) is 5.21 Å². The Morgan fingerprint density at radius 3 is 2.30 bits per heavy atom. The van der Waals surface area contributed by atoms with E-state index in [0.717, 1.165) is 21.2 Å². The molecule has 0 saturated heterocycles. The Kier molecular flexibility index (Phi) is 5.54. The normalized spacial score (nSPS) is 11.4. The first-order chi connectivity index (χ1) is 14.5. The molecule has 4 rings (SSSR count). The number of hydrogen-bond donors (Lipinski definition) is 3. The maximum absolute atomic E-state index is 12.7. The number of hydroxylamine groups is 1. The number of amides is 1. The van der Waals surface area contributed by atoms with Gasteiger partial charge in [0, 0.05) is 10.4 Å². The number of nitrogens with one attached hydrogen (secondary N) is 2. The SMILES string of the molecule is O=C(NO)c1cc2cc(NCS(=O)(=O)c3ccc(-c4ccccc4)cc3)ccc2s1. The first kappa shape index (κ1) is 20.1. The van der Waals surface area contributed by atoms with Crippen molar-refractivity contribution in [3.63, 3.8) is 0 Å². The predicted octanol–water partition coefficient (Wildman–Crippen LogP) is 4.53. The molecule has 1 aromatic heterocycles. The van der Waals surface area contributed by atoms with Crippen LogP contribution in [0, 0.1) is 0 Å². The highest BCUT2D eigenvalue weighted by molar-refractivity contribution is 7.91. The minimum atomic E-state index is -3.53. The van der Waals surface area contributed by atoms with Crippen molar-refractivity contribution in [2.45, 2.75) is 4.90 Å². The van der Waals surface area contributed by atoms with Gasteiger partial charge >= 0.3 is 0 Å². The second-order valence-electron chi connectivity index (χ2n) is 6.63. The van der Waals surface area contributed by atoms with Gasteiger partial charge in [-0.1, -0.05) is 42.5 Å². The molecule has 0 bridgehead atoms. The van der Waals surface area contributed by atoms with E-state index in [1.807, 2.05) is 30.3 Å². The van der Waals surface area contributed by atoms with Crippen LogP contribution in [-0.4, -0.2) is 25.4 Å². The Labute approximate surface area is 177 Å². The van der Waals surface area contributed by atoms with Gasteiger partial charge in [0.05, 0.1) is 9.77 Å². The van der Waals surface area contributed by atoms with Crippen LogP contribution < -0.4 is 10.8 Å². The highest BCUT2D eigenvalue weighted by Gasteiger charge is 2.15. The van der Waals surface area contributed by atoms with Gasteiger partial charge in [-0.2, -0.15) is 0 Å². The van der Waals surface area contributed by atoms with Crippen molar-refractivity contribution in [2.75, 3.05) is 11.2 Å². The van der Waals surface area contributed by atoms with E-state index in [0.29, 0.717) is 10.6 Å². The van der Waals surface area contributed by atoms with Crippen LogP contribution in [-0.2, 0) is 9.84 Å². The number of carbonyl (C=O) groups is 1. The quantitative estimate of drug-likeness (QED) is 0.304. The third kappa shape index (κ3) is 4.20. The van der Waals surface area contributed by atoms with Gasteiger partial charge in [-0.05, 0) is 52.9 Å². The van der Waals surface area contributed by atoms with Crippen LogP contribution in [0.4, 0.5) is 5.69 Å². The summed E-state index contributed by atoms with van der Waals surface area (Å²) in [5.41, 5.74) is 4.21. The number of sulfone groups is 1. The smallest absolute Gasteiger partial charge is 0.284 e. The number of anilines is 1. The van der Waals surface area contributed by atoms with Gasteiger partial charge < -0.3 is 5.32 Å². The van der Waals surface area contributed by atoms with Gasteiger partial charge in [0.15, 0.2) is 9.84 Å². The standard InChI is InChI=1S/C22H18N2O4S2/c25-22(24-26)21-13-17-12-18(8-11-20(17)29-21)23-14-30(27,28)19-9-6-16(7-10-19)15-4-2-1-3-5-15/h1-13,23,26H,14H2,(H,24,25). The molecule has 152 valence electrons. The molecule has 0 atom stereocenters. The highest BCUT2D eigenvalue weighted by Crippen LogP contribution is 2.28. The number of carbonyl (C=O) groups excluding carboxylic acids is 1. The lowest BCUT2D eigenvalue weighted by atomic mass is 10.1. The van der Waals surface area contributed by atoms with E-state index in [9.17, 15) is 13.2 Å². The van der Waals surface area contributed by atoms with Gasteiger partial charge in [0.25, 0.3) is 5.91 Å². The minimum absolute atomic E-state index is 0.244. The lowest BCUT2D eigenvalue weighted by Crippen LogP contribution is -2.16. The van der Waals surface area contributed by atoms with E-state index in [1.165, 1.54) is 11.3 Å². The molecule has 4 aromatic rings. The molecule has 3 N–H and O–H groups in total. The van der Waals surface area contributed by atoms with Crippen molar-refractivity contribution in [1.82, 2.24) is 5.48 Å². The lowest BCUT2D eigenvalue weighted by Gasteiger charge is -2.09. The lowest BCUT2D eigenvalue weighted by molar-refractivity contribution is 0.0711. The van der Waals surface area contributed by atoms with E-state index in [1.54, 1.807) is 54.0 Å². The summed E-state index contributed by atoms with van der Waals surface area (Å²) < 4.78 is 26.3. The van der Waals surface area contributed by atoms with Crippen molar-refractivity contribution < 1.29 is 18.4 Å². The van der Waals surface area contributed by atoms with Crippen molar-refractivity contribution in [3.8, 4) is 11.1 Å². The van der Waals surface area contributed by atoms with E-state index in [-0.39, 0.29) is 10.8 Å². The summed E-state index contributed by atoms with van der Waals surface area (Å²) in [4.78, 5) is 12.2.